The minimum Gasteiger partial charge on any atom is -0.373 e. The Labute approximate surface area is 158 Å². The van der Waals surface area contributed by atoms with Crippen LogP contribution < -0.4 is 5.90 Å². The standard InChI is InChI=1S/C18H35NO2.H2O4S/c1-2-3-4-5-6-7-8-9-10-11-12-13-14-15-16-17-18(20)21-19;1-5(2,3)4/h9-10H,2-8,11-17,19H2,1H3;(H2,1,2,3,4)/b10-9-;. The van der Waals surface area contributed by atoms with Crippen molar-refractivity contribution in [3.05, 3.63) is 12.2 Å². The lowest BCUT2D eigenvalue weighted by atomic mass is 10.1. The number of rotatable bonds is 15. The van der Waals surface area contributed by atoms with E-state index in [-0.39, 0.29) is 5.97 Å². The molecular weight excluding hydrogens is 358 g/mol. The lowest BCUT2D eigenvalue weighted by molar-refractivity contribution is -0.144. The average molecular weight is 396 g/mol. The summed E-state index contributed by atoms with van der Waals surface area (Å²) in [7, 11) is -4.67. The Bertz CT molecular complexity index is 429. The first kappa shape index (κ1) is 27.3. The van der Waals surface area contributed by atoms with Crippen LogP contribution >= 0.6 is 0 Å². The van der Waals surface area contributed by atoms with E-state index in [2.05, 4.69) is 23.9 Å². The van der Waals surface area contributed by atoms with Gasteiger partial charge in [0.05, 0.1) is 0 Å². The summed E-state index contributed by atoms with van der Waals surface area (Å²) in [5.74, 6) is 4.48. The van der Waals surface area contributed by atoms with Gasteiger partial charge in [0.2, 0.25) is 0 Å². The number of hydrogen-bond donors (Lipinski definition) is 3. The highest BCUT2D eigenvalue weighted by Gasteiger charge is 1.99. The van der Waals surface area contributed by atoms with E-state index >= 15 is 0 Å². The molecule has 0 aliphatic rings. The zero-order valence-electron chi connectivity index (χ0n) is 16.1. The van der Waals surface area contributed by atoms with Crippen molar-refractivity contribution in [1.82, 2.24) is 0 Å². The molecule has 0 aromatic carbocycles. The highest BCUT2D eigenvalue weighted by molar-refractivity contribution is 7.79. The maximum absolute atomic E-state index is 10.8. The molecule has 0 unspecified atom stereocenters. The molecule has 0 aliphatic carbocycles. The molecule has 0 fully saturated rings. The molecule has 0 spiro atoms. The van der Waals surface area contributed by atoms with E-state index in [1.165, 1.54) is 70.6 Å². The number of hydrogen-bond acceptors (Lipinski definition) is 5. The molecule has 0 atom stereocenters. The topological polar surface area (TPSA) is 127 Å². The average Bonchev–Trinajstić information content (AvgIpc) is 2.56. The van der Waals surface area contributed by atoms with E-state index in [9.17, 15) is 4.79 Å². The summed E-state index contributed by atoms with van der Waals surface area (Å²) in [5.41, 5.74) is 0. The predicted octanol–water partition coefficient (Wildman–Crippen LogP) is 4.79. The Morgan fingerprint density at radius 1 is 0.846 bits per heavy atom. The fourth-order valence-corrected chi connectivity index (χ4v) is 2.40. The van der Waals surface area contributed by atoms with Crippen LogP contribution in [0.5, 0.6) is 0 Å². The highest BCUT2D eigenvalue weighted by atomic mass is 32.3. The van der Waals surface area contributed by atoms with Gasteiger partial charge in [-0.1, -0.05) is 70.4 Å². The van der Waals surface area contributed by atoms with Crippen LogP contribution in [-0.4, -0.2) is 23.5 Å². The van der Waals surface area contributed by atoms with E-state index in [0.29, 0.717) is 6.42 Å². The summed E-state index contributed by atoms with van der Waals surface area (Å²) in [6, 6.07) is 0. The van der Waals surface area contributed by atoms with Crippen molar-refractivity contribution in [1.29, 1.82) is 0 Å². The first-order chi connectivity index (χ1) is 12.3. The van der Waals surface area contributed by atoms with E-state index in [1.807, 2.05) is 0 Å². The molecule has 0 radical (unpaired) electrons. The minimum absolute atomic E-state index is 0.298. The summed E-state index contributed by atoms with van der Waals surface area (Å²) >= 11 is 0. The molecule has 26 heavy (non-hydrogen) atoms. The number of carbonyl (C=O) groups excluding carboxylic acids is 1. The summed E-state index contributed by atoms with van der Waals surface area (Å²) in [4.78, 5) is 14.9. The molecule has 4 N–H and O–H groups in total. The van der Waals surface area contributed by atoms with Crippen LogP contribution in [0, 0.1) is 0 Å². The van der Waals surface area contributed by atoms with Gasteiger partial charge in [0.15, 0.2) is 0 Å². The van der Waals surface area contributed by atoms with Gasteiger partial charge in [0, 0.05) is 6.42 Å². The van der Waals surface area contributed by atoms with Crippen LogP contribution in [0.2, 0.25) is 0 Å². The SMILES string of the molecule is CCCCCCCC/C=C\CCCCCCCC(=O)ON.O=S(=O)(O)O. The van der Waals surface area contributed by atoms with Gasteiger partial charge in [-0.2, -0.15) is 14.3 Å². The number of carbonyl (C=O) groups is 1. The van der Waals surface area contributed by atoms with Crippen LogP contribution in [0.25, 0.3) is 0 Å². The van der Waals surface area contributed by atoms with Gasteiger partial charge in [-0.05, 0) is 32.1 Å². The molecule has 0 saturated carbocycles. The predicted molar refractivity (Wildman–Crippen MR) is 104 cm³/mol. The number of nitrogens with two attached hydrogens (primary N) is 1. The Morgan fingerprint density at radius 3 is 1.65 bits per heavy atom. The molecule has 0 rings (SSSR count). The first-order valence-corrected chi connectivity index (χ1v) is 10.9. The number of unbranched alkanes of at least 4 members (excludes halogenated alkanes) is 11. The smallest absolute Gasteiger partial charge is 0.373 e. The first-order valence-electron chi connectivity index (χ1n) is 9.55. The van der Waals surface area contributed by atoms with Crippen LogP contribution in [0.15, 0.2) is 12.2 Å². The fourth-order valence-electron chi connectivity index (χ4n) is 2.40. The summed E-state index contributed by atoms with van der Waals surface area (Å²) in [6.07, 6.45) is 21.5. The quantitative estimate of drug-likeness (QED) is 0.157. The van der Waals surface area contributed by atoms with Gasteiger partial charge in [0.1, 0.15) is 0 Å². The molecule has 0 saturated heterocycles. The van der Waals surface area contributed by atoms with Gasteiger partial charge in [-0.25, -0.2) is 0 Å². The van der Waals surface area contributed by atoms with Gasteiger partial charge < -0.3 is 4.84 Å². The second kappa shape index (κ2) is 20.4. The zero-order chi connectivity index (χ0) is 20.1. The zero-order valence-corrected chi connectivity index (χ0v) is 16.9. The Kier molecular flexibility index (Phi) is 21.3. The van der Waals surface area contributed by atoms with Gasteiger partial charge in [-0.15, -0.1) is 0 Å². The molecule has 0 bridgehead atoms. The van der Waals surface area contributed by atoms with Crippen molar-refractivity contribution in [2.24, 2.45) is 5.90 Å². The molecule has 0 aromatic rings. The molecule has 0 heterocycles. The van der Waals surface area contributed by atoms with Gasteiger partial charge in [0.25, 0.3) is 0 Å². The highest BCUT2D eigenvalue weighted by Crippen LogP contribution is 2.09. The normalized spacial score (nSPS) is 11.2. The largest absolute Gasteiger partial charge is 0.394 e. The van der Waals surface area contributed by atoms with E-state index in [1.54, 1.807) is 0 Å². The van der Waals surface area contributed by atoms with Gasteiger partial charge in [-0.3, -0.25) is 13.9 Å². The minimum atomic E-state index is -4.67. The van der Waals surface area contributed by atoms with Crippen LogP contribution in [0.1, 0.15) is 96.8 Å². The van der Waals surface area contributed by atoms with Crippen molar-refractivity contribution in [2.45, 2.75) is 96.8 Å². The fraction of sp³-hybridized carbons (Fsp3) is 0.833. The molecule has 7 nitrogen and oxygen atoms in total. The van der Waals surface area contributed by atoms with Crippen molar-refractivity contribution in [3.63, 3.8) is 0 Å². The lowest BCUT2D eigenvalue weighted by Gasteiger charge is -2.00. The van der Waals surface area contributed by atoms with Crippen molar-refractivity contribution in [2.75, 3.05) is 0 Å². The molecule has 0 aromatic heterocycles. The second-order valence-electron chi connectivity index (χ2n) is 6.27. The van der Waals surface area contributed by atoms with Crippen LogP contribution in [-0.2, 0) is 20.0 Å². The Balaban J connectivity index is 0. The third kappa shape index (κ3) is 34.4. The molecule has 0 aliphatic heterocycles. The Morgan fingerprint density at radius 2 is 1.23 bits per heavy atom. The number of allylic oxidation sites excluding steroid dienone is 2. The van der Waals surface area contributed by atoms with E-state index in [0.717, 1.165) is 12.8 Å². The molecular formula is C18H37NO6S. The molecule has 8 heteroatoms. The molecule has 156 valence electrons. The summed E-state index contributed by atoms with van der Waals surface area (Å²) in [6.45, 7) is 2.26. The molecule has 0 amide bonds. The van der Waals surface area contributed by atoms with E-state index in [4.69, 9.17) is 23.4 Å². The van der Waals surface area contributed by atoms with Crippen LogP contribution in [0.4, 0.5) is 0 Å². The van der Waals surface area contributed by atoms with Crippen molar-refractivity contribution >= 4 is 16.4 Å². The maximum Gasteiger partial charge on any atom is 0.394 e. The van der Waals surface area contributed by atoms with Crippen molar-refractivity contribution in [3.8, 4) is 0 Å². The monoisotopic (exact) mass is 395 g/mol. The summed E-state index contributed by atoms with van der Waals surface area (Å²) in [5, 5.41) is 0. The third-order valence-electron chi connectivity index (χ3n) is 3.77. The second-order valence-corrected chi connectivity index (χ2v) is 7.17. The summed E-state index contributed by atoms with van der Waals surface area (Å²) < 4.78 is 31.6. The van der Waals surface area contributed by atoms with Crippen molar-refractivity contribution < 1.29 is 27.2 Å². The maximum atomic E-state index is 10.8. The third-order valence-corrected chi connectivity index (χ3v) is 3.77. The van der Waals surface area contributed by atoms with E-state index < -0.39 is 10.4 Å². The Hall–Kier alpha value is -0.960. The van der Waals surface area contributed by atoms with Crippen LogP contribution in [0.3, 0.4) is 0 Å². The van der Waals surface area contributed by atoms with Gasteiger partial charge >= 0.3 is 16.4 Å². The lowest BCUT2D eigenvalue weighted by Crippen LogP contribution is -2.08.